The minimum absolute atomic E-state index is 0.114. The fourth-order valence-electron chi connectivity index (χ4n) is 2.20. The highest BCUT2D eigenvalue weighted by Crippen LogP contribution is 2.38. The maximum Gasteiger partial charge on any atom is 0.229 e. The average Bonchev–Trinajstić information content (AvgIpc) is 2.72. The Labute approximate surface area is 90.8 Å². The Balaban J connectivity index is 1.83. The van der Waals surface area contributed by atoms with Gasteiger partial charge >= 0.3 is 0 Å². The number of nitrogens with two attached hydrogens (primary N) is 1. The van der Waals surface area contributed by atoms with E-state index >= 15 is 0 Å². The van der Waals surface area contributed by atoms with E-state index < -0.39 is 0 Å². The fourth-order valence-corrected chi connectivity index (χ4v) is 2.20. The summed E-state index contributed by atoms with van der Waals surface area (Å²) >= 11 is 0. The van der Waals surface area contributed by atoms with E-state index in [2.05, 4.69) is 6.92 Å². The zero-order valence-corrected chi connectivity index (χ0v) is 9.48. The van der Waals surface area contributed by atoms with E-state index in [0.717, 1.165) is 12.5 Å². The third kappa shape index (κ3) is 2.32. The van der Waals surface area contributed by atoms with Gasteiger partial charge < -0.3 is 15.4 Å². The van der Waals surface area contributed by atoms with Crippen molar-refractivity contribution in [1.82, 2.24) is 4.90 Å². The van der Waals surface area contributed by atoms with Crippen LogP contribution in [-0.4, -0.2) is 43.7 Å². The molecule has 0 aromatic rings. The van der Waals surface area contributed by atoms with E-state index in [9.17, 15) is 4.79 Å². The van der Waals surface area contributed by atoms with E-state index in [-0.39, 0.29) is 17.9 Å². The number of nitrogens with zero attached hydrogens (tertiary/aromatic N) is 1. The minimum atomic E-state index is -0.121. The molecule has 1 saturated heterocycles. The number of hydrogen-bond donors (Lipinski definition) is 1. The van der Waals surface area contributed by atoms with Crippen LogP contribution in [0.1, 0.15) is 13.3 Å². The van der Waals surface area contributed by atoms with Crippen molar-refractivity contribution in [3.8, 4) is 0 Å². The van der Waals surface area contributed by atoms with Crippen LogP contribution >= 0.6 is 0 Å². The van der Waals surface area contributed by atoms with Gasteiger partial charge in [0.2, 0.25) is 5.91 Å². The third-order valence-electron chi connectivity index (χ3n) is 3.60. The van der Waals surface area contributed by atoms with E-state index in [1.165, 1.54) is 6.42 Å². The summed E-state index contributed by atoms with van der Waals surface area (Å²) in [5.41, 5.74) is 5.82. The van der Waals surface area contributed by atoms with Crippen LogP contribution in [0.3, 0.4) is 0 Å². The van der Waals surface area contributed by atoms with Crippen molar-refractivity contribution in [2.75, 3.05) is 26.8 Å². The first kappa shape index (κ1) is 10.9. The van der Waals surface area contributed by atoms with Gasteiger partial charge in [-0.1, -0.05) is 6.92 Å². The summed E-state index contributed by atoms with van der Waals surface area (Å²) in [5.74, 6) is 1.52. The number of ether oxygens (including phenoxy) is 1. The molecular weight excluding hydrogens is 192 g/mol. The number of carbonyl (C=O) groups is 1. The van der Waals surface area contributed by atoms with Crippen molar-refractivity contribution in [3.63, 3.8) is 0 Å². The third-order valence-corrected chi connectivity index (χ3v) is 3.60. The molecule has 1 saturated carbocycles. The molecule has 4 unspecified atom stereocenters. The summed E-state index contributed by atoms with van der Waals surface area (Å²) in [4.78, 5) is 13.8. The SMILES string of the molecule is CC1CC1CN(C)C(=O)C1COCC1N. The van der Waals surface area contributed by atoms with Crippen molar-refractivity contribution in [1.29, 1.82) is 0 Å². The Kier molecular flexibility index (Phi) is 2.98. The molecule has 4 heteroatoms. The highest BCUT2D eigenvalue weighted by Gasteiger charge is 2.37. The number of carbonyl (C=O) groups excluding carboxylic acids is 1. The van der Waals surface area contributed by atoms with Crippen LogP contribution in [0.4, 0.5) is 0 Å². The lowest BCUT2D eigenvalue weighted by atomic mass is 10.0. The number of hydrogen-bond acceptors (Lipinski definition) is 3. The van der Waals surface area contributed by atoms with Gasteiger partial charge in [-0.15, -0.1) is 0 Å². The van der Waals surface area contributed by atoms with Crippen molar-refractivity contribution < 1.29 is 9.53 Å². The van der Waals surface area contributed by atoms with Gasteiger partial charge in [0.25, 0.3) is 0 Å². The number of amides is 1. The van der Waals surface area contributed by atoms with Gasteiger partial charge in [0.05, 0.1) is 19.1 Å². The van der Waals surface area contributed by atoms with Gasteiger partial charge in [0.1, 0.15) is 0 Å². The first-order valence-electron chi connectivity index (χ1n) is 5.68. The molecule has 0 aromatic carbocycles. The van der Waals surface area contributed by atoms with Crippen molar-refractivity contribution >= 4 is 5.91 Å². The predicted octanol–water partition coefficient (Wildman–Crippen LogP) is 0.0745. The van der Waals surface area contributed by atoms with Crippen LogP contribution in [0, 0.1) is 17.8 Å². The van der Waals surface area contributed by atoms with Gasteiger partial charge in [-0.05, 0) is 18.3 Å². The lowest BCUT2D eigenvalue weighted by molar-refractivity contribution is -0.134. The number of rotatable bonds is 3. The molecule has 0 bridgehead atoms. The van der Waals surface area contributed by atoms with Gasteiger partial charge in [0, 0.05) is 19.6 Å². The molecule has 4 nitrogen and oxygen atoms in total. The first-order valence-corrected chi connectivity index (χ1v) is 5.68. The molecular formula is C11H20N2O2. The molecule has 2 aliphatic rings. The second kappa shape index (κ2) is 4.10. The lowest BCUT2D eigenvalue weighted by Crippen LogP contribution is -2.42. The van der Waals surface area contributed by atoms with Gasteiger partial charge in [-0.2, -0.15) is 0 Å². The smallest absolute Gasteiger partial charge is 0.229 e. The lowest BCUT2D eigenvalue weighted by Gasteiger charge is -2.22. The highest BCUT2D eigenvalue weighted by molar-refractivity contribution is 5.79. The van der Waals surface area contributed by atoms with Gasteiger partial charge in [-0.25, -0.2) is 0 Å². The first-order chi connectivity index (χ1) is 7.09. The van der Waals surface area contributed by atoms with Crippen molar-refractivity contribution in [2.24, 2.45) is 23.5 Å². The monoisotopic (exact) mass is 212 g/mol. The molecule has 2 N–H and O–H groups in total. The topological polar surface area (TPSA) is 55.6 Å². The predicted molar refractivity (Wildman–Crippen MR) is 57.2 cm³/mol. The maximum absolute atomic E-state index is 12.0. The Morgan fingerprint density at radius 1 is 1.53 bits per heavy atom. The fraction of sp³-hybridized carbons (Fsp3) is 0.909. The van der Waals surface area contributed by atoms with Gasteiger partial charge in [-0.3, -0.25) is 4.79 Å². The van der Waals surface area contributed by atoms with Crippen LogP contribution in [0.15, 0.2) is 0 Å². The van der Waals surface area contributed by atoms with Crippen LogP contribution < -0.4 is 5.73 Å². The molecule has 1 aliphatic carbocycles. The van der Waals surface area contributed by atoms with Crippen LogP contribution in [0.2, 0.25) is 0 Å². The molecule has 0 spiro atoms. The van der Waals surface area contributed by atoms with Crippen molar-refractivity contribution in [3.05, 3.63) is 0 Å². The summed E-state index contributed by atoms with van der Waals surface area (Å²) in [6.07, 6.45) is 1.25. The minimum Gasteiger partial charge on any atom is -0.379 e. The Morgan fingerprint density at radius 2 is 2.20 bits per heavy atom. The van der Waals surface area contributed by atoms with E-state index in [1.807, 2.05) is 11.9 Å². The molecule has 1 amide bonds. The van der Waals surface area contributed by atoms with Gasteiger partial charge in [0.15, 0.2) is 0 Å². The Bertz CT molecular complexity index is 257. The zero-order valence-electron chi connectivity index (χ0n) is 9.48. The second-order valence-electron chi connectivity index (χ2n) is 5.00. The molecule has 2 rings (SSSR count). The summed E-state index contributed by atoms with van der Waals surface area (Å²) in [6.45, 7) is 4.12. The molecule has 2 fully saturated rings. The summed E-state index contributed by atoms with van der Waals surface area (Å²) in [5, 5.41) is 0. The molecule has 86 valence electrons. The summed E-state index contributed by atoms with van der Waals surface area (Å²) in [6, 6.07) is -0.114. The zero-order chi connectivity index (χ0) is 11.0. The van der Waals surface area contributed by atoms with E-state index in [1.54, 1.807) is 0 Å². The average molecular weight is 212 g/mol. The quantitative estimate of drug-likeness (QED) is 0.720. The largest absolute Gasteiger partial charge is 0.379 e. The normalized spacial score (nSPS) is 39.1. The van der Waals surface area contributed by atoms with Crippen molar-refractivity contribution in [2.45, 2.75) is 19.4 Å². The maximum atomic E-state index is 12.0. The molecule has 1 heterocycles. The molecule has 4 atom stereocenters. The summed E-state index contributed by atoms with van der Waals surface area (Å²) < 4.78 is 5.21. The van der Waals surface area contributed by atoms with Crippen LogP contribution in [0.25, 0.3) is 0 Å². The molecule has 1 aliphatic heterocycles. The summed E-state index contributed by atoms with van der Waals surface area (Å²) in [7, 11) is 1.87. The van der Waals surface area contributed by atoms with E-state index in [4.69, 9.17) is 10.5 Å². The van der Waals surface area contributed by atoms with E-state index in [0.29, 0.717) is 19.1 Å². The molecule has 15 heavy (non-hydrogen) atoms. The highest BCUT2D eigenvalue weighted by atomic mass is 16.5. The molecule has 0 radical (unpaired) electrons. The molecule has 0 aromatic heterocycles. The standard InChI is InChI=1S/C11H20N2O2/c1-7-3-8(7)4-13(2)11(14)9-5-15-6-10(9)12/h7-10H,3-6,12H2,1-2H3. The second-order valence-corrected chi connectivity index (χ2v) is 5.00. The Hall–Kier alpha value is -0.610. The van der Waals surface area contributed by atoms with Crippen LogP contribution in [0.5, 0.6) is 0 Å². The van der Waals surface area contributed by atoms with Crippen LogP contribution in [-0.2, 0) is 9.53 Å². The Morgan fingerprint density at radius 3 is 2.67 bits per heavy atom.